The van der Waals surface area contributed by atoms with Crippen molar-refractivity contribution in [1.29, 1.82) is 0 Å². The number of Topliss-reactive ketones (excluding diaryl/α,β-unsaturated/α-hetero) is 1. The molecule has 5 atom stereocenters. The average Bonchev–Trinajstić information content (AvgIpc) is 3.28. The van der Waals surface area contributed by atoms with Gasteiger partial charge in [0.2, 0.25) is 5.89 Å². The van der Waals surface area contributed by atoms with Crippen LogP contribution in [0.3, 0.4) is 0 Å². The van der Waals surface area contributed by atoms with Gasteiger partial charge in [-0.05, 0) is 57.1 Å². The number of nitrogens with zero attached hydrogens (tertiary/aromatic N) is 1. The molecule has 4 N–H and O–H groups in total. The normalized spacial score (nSPS) is 31.0. The molecule has 202 valence electrons. The molecule has 0 amide bonds. The van der Waals surface area contributed by atoms with E-state index in [1.165, 1.54) is 6.26 Å². The number of oxazole rings is 1. The standard InChI is InChI=1S/C28H44N2O6/c1-7-21-26(33)18(3)10-8-9-17(2)11-12-22(19(4)13-20-16-35-24(15-29)30-20)36-25(32)14-23(31)28(5,6)27(21)34/h11,13,16,18,21-23,26,31,33H,7-10,12,14-15,29H2,1-6H3/b17-11-,19-13?/t18-,21+,22-,23-,26-/m0/s1. The van der Waals surface area contributed by atoms with Gasteiger partial charge in [-0.2, -0.15) is 0 Å². The Morgan fingerprint density at radius 1 is 1.31 bits per heavy atom. The molecule has 0 unspecified atom stereocenters. The number of cyclic esters (lactones) is 1. The molecule has 36 heavy (non-hydrogen) atoms. The van der Waals surface area contributed by atoms with Gasteiger partial charge in [0.1, 0.15) is 23.8 Å². The molecule has 0 aliphatic carbocycles. The maximum Gasteiger partial charge on any atom is 0.309 e. The smallest absolute Gasteiger partial charge is 0.309 e. The first-order valence-electron chi connectivity index (χ1n) is 13.0. The molecule has 0 radical (unpaired) electrons. The molecular weight excluding hydrogens is 460 g/mol. The molecule has 2 heterocycles. The molecule has 0 aromatic carbocycles. The van der Waals surface area contributed by atoms with Crippen molar-refractivity contribution >= 4 is 17.8 Å². The van der Waals surface area contributed by atoms with E-state index in [2.05, 4.69) is 11.1 Å². The summed E-state index contributed by atoms with van der Waals surface area (Å²) in [5, 5.41) is 21.9. The van der Waals surface area contributed by atoms with Crippen molar-refractivity contribution in [1.82, 2.24) is 4.98 Å². The summed E-state index contributed by atoms with van der Waals surface area (Å²) in [6.45, 7) is 11.2. The molecule has 1 aliphatic rings. The minimum Gasteiger partial charge on any atom is -0.457 e. The lowest BCUT2D eigenvalue weighted by Crippen LogP contribution is -2.46. The molecule has 0 spiro atoms. The van der Waals surface area contributed by atoms with Gasteiger partial charge in [0, 0.05) is 12.3 Å². The number of carbonyl (C=O) groups excluding carboxylic acids is 2. The summed E-state index contributed by atoms with van der Waals surface area (Å²) in [6.07, 6.45) is 5.86. The van der Waals surface area contributed by atoms with Gasteiger partial charge in [-0.3, -0.25) is 9.59 Å². The third kappa shape index (κ3) is 7.85. The van der Waals surface area contributed by atoms with Crippen LogP contribution < -0.4 is 5.73 Å². The van der Waals surface area contributed by atoms with Crippen LogP contribution in [0.1, 0.15) is 91.7 Å². The molecule has 0 fully saturated rings. The number of rotatable bonds is 4. The number of ether oxygens (including phenoxy) is 1. The highest BCUT2D eigenvalue weighted by atomic mass is 16.5. The Balaban J connectivity index is 2.35. The van der Waals surface area contributed by atoms with E-state index in [4.69, 9.17) is 14.9 Å². The number of aliphatic hydroxyl groups is 2. The van der Waals surface area contributed by atoms with Crippen molar-refractivity contribution < 1.29 is 29.0 Å². The quantitative estimate of drug-likeness (QED) is 0.407. The van der Waals surface area contributed by atoms with Crippen molar-refractivity contribution in [3.63, 3.8) is 0 Å². The first-order chi connectivity index (χ1) is 16.9. The third-order valence-corrected chi connectivity index (χ3v) is 7.41. The van der Waals surface area contributed by atoms with Gasteiger partial charge in [0.15, 0.2) is 0 Å². The van der Waals surface area contributed by atoms with E-state index in [-0.39, 0.29) is 24.7 Å². The lowest BCUT2D eigenvalue weighted by Gasteiger charge is -2.35. The van der Waals surface area contributed by atoms with Crippen LogP contribution in [0.2, 0.25) is 0 Å². The largest absolute Gasteiger partial charge is 0.457 e. The fourth-order valence-electron chi connectivity index (χ4n) is 4.66. The van der Waals surface area contributed by atoms with Gasteiger partial charge in [-0.1, -0.05) is 39.3 Å². The van der Waals surface area contributed by atoms with Crippen molar-refractivity contribution in [2.45, 2.75) is 105 Å². The number of allylic oxidation sites excluding steroid dienone is 1. The highest BCUT2D eigenvalue weighted by Gasteiger charge is 2.43. The van der Waals surface area contributed by atoms with E-state index in [1.54, 1.807) is 19.9 Å². The number of esters is 1. The maximum absolute atomic E-state index is 13.4. The van der Waals surface area contributed by atoms with E-state index >= 15 is 0 Å². The van der Waals surface area contributed by atoms with Gasteiger partial charge < -0.3 is 25.1 Å². The summed E-state index contributed by atoms with van der Waals surface area (Å²) in [5.74, 6) is -1.08. The second-order valence-electron chi connectivity index (χ2n) is 10.7. The molecule has 0 bridgehead atoms. The highest BCUT2D eigenvalue weighted by molar-refractivity contribution is 5.88. The average molecular weight is 505 g/mol. The molecule has 1 aromatic heterocycles. The molecule has 0 saturated heterocycles. The zero-order valence-electron chi connectivity index (χ0n) is 22.6. The van der Waals surface area contributed by atoms with Crippen LogP contribution in [0.5, 0.6) is 0 Å². The fourth-order valence-corrected chi connectivity index (χ4v) is 4.66. The second-order valence-corrected chi connectivity index (χ2v) is 10.7. The number of hydrogen-bond donors (Lipinski definition) is 3. The van der Waals surface area contributed by atoms with Crippen molar-refractivity contribution in [3.8, 4) is 0 Å². The Hall–Kier alpha value is -2.29. The van der Waals surface area contributed by atoms with Crippen LogP contribution in [-0.2, 0) is 20.9 Å². The first-order valence-corrected chi connectivity index (χ1v) is 13.0. The lowest BCUT2D eigenvalue weighted by atomic mass is 9.71. The number of nitrogens with two attached hydrogens (primary N) is 1. The number of carbonyl (C=O) groups is 2. The molecule has 8 heteroatoms. The minimum absolute atomic E-state index is 0.0590. The fraction of sp³-hybridized carbons (Fsp3) is 0.679. The second kappa shape index (κ2) is 13.3. The Bertz CT molecular complexity index is 948. The summed E-state index contributed by atoms with van der Waals surface area (Å²) in [5.41, 5.74) is 6.88. The van der Waals surface area contributed by atoms with Crippen molar-refractivity contribution in [2.24, 2.45) is 23.0 Å². The predicted octanol–water partition coefficient (Wildman–Crippen LogP) is 4.34. The Morgan fingerprint density at radius 2 is 2.00 bits per heavy atom. The van der Waals surface area contributed by atoms with Crippen LogP contribution in [0.15, 0.2) is 27.9 Å². The Labute approximate surface area is 215 Å². The van der Waals surface area contributed by atoms with Gasteiger partial charge in [0.25, 0.3) is 0 Å². The lowest BCUT2D eigenvalue weighted by molar-refractivity contribution is -0.154. The summed E-state index contributed by atoms with van der Waals surface area (Å²) in [6, 6.07) is 0. The van der Waals surface area contributed by atoms with Gasteiger partial charge >= 0.3 is 5.97 Å². The Kier molecular flexibility index (Phi) is 11.1. The molecule has 0 saturated carbocycles. The van der Waals surface area contributed by atoms with Crippen LogP contribution in [0.25, 0.3) is 6.08 Å². The Morgan fingerprint density at radius 3 is 2.61 bits per heavy atom. The van der Waals surface area contributed by atoms with E-state index in [1.807, 2.05) is 27.7 Å². The van der Waals surface area contributed by atoms with E-state index in [9.17, 15) is 19.8 Å². The van der Waals surface area contributed by atoms with Crippen LogP contribution >= 0.6 is 0 Å². The van der Waals surface area contributed by atoms with Gasteiger partial charge in [-0.25, -0.2) is 4.98 Å². The van der Waals surface area contributed by atoms with E-state index in [0.29, 0.717) is 24.4 Å². The predicted molar refractivity (Wildman–Crippen MR) is 139 cm³/mol. The van der Waals surface area contributed by atoms with Crippen LogP contribution in [-0.4, -0.2) is 45.3 Å². The minimum atomic E-state index is -1.24. The topological polar surface area (TPSA) is 136 Å². The molecule has 8 nitrogen and oxygen atoms in total. The van der Waals surface area contributed by atoms with E-state index in [0.717, 1.165) is 30.4 Å². The monoisotopic (exact) mass is 504 g/mol. The van der Waals surface area contributed by atoms with Crippen molar-refractivity contribution in [3.05, 3.63) is 35.1 Å². The SMILES string of the molecule is CC[C@H]1C(=O)C(C)(C)[C@@H](O)CC(=O)O[C@H](C(C)=Cc2coc(CN)n2)C/C=C(/C)CCC[C@H](C)[C@@H]1O. The molecule has 2 rings (SSSR count). The number of aliphatic hydroxyl groups excluding tert-OH is 2. The number of aromatic nitrogens is 1. The van der Waals surface area contributed by atoms with Gasteiger partial charge in [0.05, 0.1) is 30.6 Å². The maximum atomic E-state index is 13.4. The first kappa shape index (κ1) is 29.9. The molecular formula is C28H44N2O6. The zero-order chi connectivity index (χ0) is 27.0. The summed E-state index contributed by atoms with van der Waals surface area (Å²) in [4.78, 5) is 30.6. The summed E-state index contributed by atoms with van der Waals surface area (Å²) in [7, 11) is 0. The third-order valence-electron chi connectivity index (χ3n) is 7.41. The molecule has 1 aromatic rings. The number of ketones is 1. The summed E-state index contributed by atoms with van der Waals surface area (Å²) >= 11 is 0. The summed E-state index contributed by atoms with van der Waals surface area (Å²) < 4.78 is 11.1. The van der Waals surface area contributed by atoms with Gasteiger partial charge in [-0.15, -0.1) is 0 Å². The van der Waals surface area contributed by atoms with Crippen molar-refractivity contribution in [2.75, 3.05) is 0 Å². The van der Waals surface area contributed by atoms with Crippen LogP contribution in [0, 0.1) is 17.3 Å². The van der Waals surface area contributed by atoms with Crippen LogP contribution in [0.4, 0.5) is 0 Å². The molecule has 1 aliphatic heterocycles. The van der Waals surface area contributed by atoms with E-state index < -0.39 is 35.6 Å². The zero-order valence-corrected chi connectivity index (χ0v) is 22.6. The highest BCUT2D eigenvalue weighted by Crippen LogP contribution is 2.34. The number of hydrogen-bond acceptors (Lipinski definition) is 8.